The van der Waals surface area contributed by atoms with Crippen molar-refractivity contribution in [1.29, 1.82) is 0 Å². The summed E-state index contributed by atoms with van der Waals surface area (Å²) < 4.78 is 65.4. The van der Waals surface area contributed by atoms with Crippen molar-refractivity contribution in [2.45, 2.75) is 89.5 Å². The van der Waals surface area contributed by atoms with Crippen molar-refractivity contribution in [2.24, 2.45) is 0 Å². The molecule has 0 bridgehead atoms. The molecule has 1 aliphatic carbocycles. The van der Waals surface area contributed by atoms with Gasteiger partial charge in [-0.25, -0.2) is 14.2 Å². The van der Waals surface area contributed by atoms with Gasteiger partial charge in [0.15, 0.2) is 5.82 Å². The second kappa shape index (κ2) is 11.8. The fraction of sp³-hybridized carbons (Fsp3) is 0.517. The number of hydrogen-bond donors (Lipinski definition) is 1. The predicted molar refractivity (Wildman–Crippen MR) is 143 cm³/mol. The van der Waals surface area contributed by atoms with E-state index in [4.69, 9.17) is 9.26 Å². The Morgan fingerprint density at radius 1 is 1.10 bits per heavy atom. The van der Waals surface area contributed by atoms with Crippen molar-refractivity contribution in [3.8, 4) is 11.1 Å². The first-order valence-corrected chi connectivity index (χ1v) is 13.5. The number of carbonyl (C=O) groups is 1. The molecular weight excluding hydrogens is 544 g/mol. The molecule has 1 aliphatic rings. The molecule has 1 N–H and O–H groups in total. The third-order valence-corrected chi connectivity index (χ3v) is 6.96. The van der Waals surface area contributed by atoms with Crippen LogP contribution in [0.4, 0.5) is 28.2 Å². The van der Waals surface area contributed by atoms with Crippen molar-refractivity contribution in [2.75, 3.05) is 11.4 Å². The first-order chi connectivity index (χ1) is 19.2. The van der Waals surface area contributed by atoms with Gasteiger partial charge in [-0.1, -0.05) is 35.8 Å². The van der Waals surface area contributed by atoms with Crippen molar-refractivity contribution >= 4 is 11.9 Å². The van der Waals surface area contributed by atoms with E-state index in [2.05, 4.69) is 15.1 Å². The first kappa shape index (κ1) is 30.4. The van der Waals surface area contributed by atoms with Crippen LogP contribution in [-0.4, -0.2) is 44.6 Å². The second-order valence-corrected chi connectivity index (χ2v) is 11.3. The lowest BCUT2D eigenvalue weighted by Crippen LogP contribution is -2.47. The summed E-state index contributed by atoms with van der Waals surface area (Å²) in [4.78, 5) is 22.4. The molecule has 1 saturated carbocycles. The minimum Gasteiger partial charge on any atom is -0.433 e. The highest BCUT2D eigenvalue weighted by atomic mass is 19.4. The number of alkyl halides is 3. The second-order valence-electron chi connectivity index (χ2n) is 11.3. The molecule has 1 fully saturated rings. The van der Waals surface area contributed by atoms with Gasteiger partial charge in [0.1, 0.15) is 11.6 Å². The van der Waals surface area contributed by atoms with E-state index >= 15 is 0 Å². The Kier molecular flexibility index (Phi) is 8.72. The number of nitrogens with zero attached hydrogens (tertiary/aromatic N) is 4. The maximum absolute atomic E-state index is 14.8. The Balaban J connectivity index is 1.50. The molecule has 2 heterocycles. The van der Waals surface area contributed by atoms with E-state index in [0.29, 0.717) is 54.4 Å². The monoisotopic (exact) mass is 578 g/mol. The summed E-state index contributed by atoms with van der Waals surface area (Å²) in [5.41, 5.74) is -2.71. The summed E-state index contributed by atoms with van der Waals surface area (Å²) in [5.74, 6) is 0.858. The van der Waals surface area contributed by atoms with Gasteiger partial charge in [0.25, 0.3) is 0 Å². The van der Waals surface area contributed by atoms with Gasteiger partial charge in [0.2, 0.25) is 11.5 Å². The quantitative estimate of drug-likeness (QED) is 0.192. The minimum absolute atomic E-state index is 0.0119. The number of pyridine rings is 1. The van der Waals surface area contributed by atoms with Crippen LogP contribution in [0.3, 0.4) is 0 Å². The molecule has 12 heteroatoms. The average Bonchev–Trinajstić information content (AvgIpc) is 3.63. The molecule has 3 aromatic rings. The number of aliphatic hydroxyl groups is 1. The molecule has 0 atom stereocenters. The summed E-state index contributed by atoms with van der Waals surface area (Å²) in [6, 6.07) is 7.80. The van der Waals surface area contributed by atoms with Gasteiger partial charge in [-0.05, 0) is 70.6 Å². The number of aromatic nitrogens is 3. The fourth-order valence-electron chi connectivity index (χ4n) is 4.08. The number of aryl methyl sites for hydroxylation is 1. The molecule has 0 aliphatic heterocycles. The van der Waals surface area contributed by atoms with Crippen LogP contribution in [0.25, 0.3) is 11.1 Å². The third-order valence-electron chi connectivity index (χ3n) is 6.96. The van der Waals surface area contributed by atoms with Crippen molar-refractivity contribution in [3.05, 3.63) is 59.6 Å². The van der Waals surface area contributed by atoms with E-state index in [-0.39, 0.29) is 17.9 Å². The SMILES string of the molecule is CC(C)(O)c1ccc(-c2cc(N(CCCCCc3noc(C4CC4)n3)C(=O)OC(C)(C)C(F)(F)F)ncc2F)cc1. The zero-order valence-corrected chi connectivity index (χ0v) is 23.5. The van der Waals surface area contributed by atoms with Gasteiger partial charge < -0.3 is 14.4 Å². The number of hydrogen-bond acceptors (Lipinski definition) is 7. The molecule has 222 valence electrons. The van der Waals surface area contributed by atoms with Crippen LogP contribution >= 0.6 is 0 Å². The maximum Gasteiger partial charge on any atom is 0.427 e. The summed E-state index contributed by atoms with van der Waals surface area (Å²) in [6.07, 6.45) is -0.817. The Bertz CT molecular complexity index is 1350. The molecule has 0 unspecified atom stereocenters. The standard InChI is InChI=1S/C29H34F4N4O4/c1-27(2,39)20-13-11-18(12-14-20)21-16-24(34-17-22(21)30)37(26(38)40-28(3,4)29(31,32)33)15-7-5-6-8-23-35-25(41-36-23)19-9-10-19/h11-14,16-17,19,39H,5-10,15H2,1-4H3. The van der Waals surface area contributed by atoms with Gasteiger partial charge >= 0.3 is 12.3 Å². The van der Waals surface area contributed by atoms with Gasteiger partial charge in [-0.3, -0.25) is 4.90 Å². The molecule has 0 spiro atoms. The first-order valence-electron chi connectivity index (χ1n) is 13.5. The number of amides is 1. The molecular formula is C29H34F4N4O4. The highest BCUT2D eigenvalue weighted by Crippen LogP contribution is 2.39. The fourth-order valence-corrected chi connectivity index (χ4v) is 4.08. The number of rotatable bonds is 11. The zero-order chi connectivity index (χ0) is 30.0. The van der Waals surface area contributed by atoms with E-state index in [1.165, 1.54) is 6.07 Å². The molecule has 0 saturated heterocycles. The predicted octanol–water partition coefficient (Wildman–Crippen LogP) is 7.07. The molecule has 0 radical (unpaired) electrons. The number of benzene rings is 1. The topological polar surface area (TPSA) is 102 Å². The number of ether oxygens (including phenoxy) is 1. The van der Waals surface area contributed by atoms with Crippen molar-refractivity contribution in [1.82, 2.24) is 15.1 Å². The van der Waals surface area contributed by atoms with Gasteiger partial charge in [-0.2, -0.15) is 18.2 Å². The summed E-state index contributed by atoms with van der Waals surface area (Å²) >= 11 is 0. The Labute approximate surface area is 235 Å². The lowest BCUT2D eigenvalue weighted by atomic mass is 9.95. The van der Waals surface area contributed by atoms with Gasteiger partial charge in [0.05, 0.1) is 11.8 Å². The minimum atomic E-state index is -4.80. The lowest BCUT2D eigenvalue weighted by Gasteiger charge is -2.31. The summed E-state index contributed by atoms with van der Waals surface area (Å²) in [6.45, 7) is 4.75. The highest BCUT2D eigenvalue weighted by Gasteiger charge is 2.51. The van der Waals surface area contributed by atoms with E-state index in [0.717, 1.165) is 37.8 Å². The summed E-state index contributed by atoms with van der Waals surface area (Å²) in [5, 5.41) is 14.2. The average molecular weight is 579 g/mol. The van der Waals surface area contributed by atoms with Crippen LogP contribution in [0.5, 0.6) is 0 Å². The summed E-state index contributed by atoms with van der Waals surface area (Å²) in [7, 11) is 0. The molecule has 8 nitrogen and oxygen atoms in total. The van der Waals surface area contributed by atoms with Crippen LogP contribution in [-0.2, 0) is 16.8 Å². The van der Waals surface area contributed by atoms with E-state index in [1.807, 2.05) is 0 Å². The van der Waals surface area contributed by atoms with Crippen LogP contribution in [0.15, 0.2) is 41.1 Å². The Morgan fingerprint density at radius 2 is 1.78 bits per heavy atom. The smallest absolute Gasteiger partial charge is 0.427 e. The van der Waals surface area contributed by atoms with Crippen LogP contribution in [0.2, 0.25) is 0 Å². The molecule has 4 rings (SSSR count). The van der Waals surface area contributed by atoms with Crippen LogP contribution < -0.4 is 4.90 Å². The van der Waals surface area contributed by atoms with Gasteiger partial charge in [-0.15, -0.1) is 0 Å². The number of anilines is 1. The molecule has 2 aromatic heterocycles. The van der Waals surface area contributed by atoms with Crippen molar-refractivity contribution in [3.63, 3.8) is 0 Å². The molecule has 1 aromatic carbocycles. The van der Waals surface area contributed by atoms with Crippen LogP contribution in [0.1, 0.15) is 83.0 Å². The van der Waals surface area contributed by atoms with E-state index in [1.54, 1.807) is 38.1 Å². The van der Waals surface area contributed by atoms with E-state index in [9.17, 15) is 27.5 Å². The van der Waals surface area contributed by atoms with Crippen LogP contribution in [0, 0.1) is 5.82 Å². The maximum atomic E-state index is 14.8. The Hall–Kier alpha value is -3.54. The lowest BCUT2D eigenvalue weighted by molar-refractivity contribution is -0.243. The van der Waals surface area contributed by atoms with E-state index < -0.39 is 29.3 Å². The number of unbranched alkanes of at least 4 members (excludes halogenated alkanes) is 2. The number of carbonyl (C=O) groups excluding carboxylic acids is 1. The Morgan fingerprint density at radius 3 is 2.39 bits per heavy atom. The van der Waals surface area contributed by atoms with Crippen molar-refractivity contribution < 1.29 is 36.7 Å². The van der Waals surface area contributed by atoms with Gasteiger partial charge in [0, 0.05) is 24.4 Å². The highest BCUT2D eigenvalue weighted by molar-refractivity contribution is 5.87. The molecule has 1 amide bonds. The number of halogens is 4. The largest absolute Gasteiger partial charge is 0.433 e. The zero-order valence-electron chi connectivity index (χ0n) is 23.5. The normalized spacial score (nSPS) is 14.3. The molecule has 41 heavy (non-hydrogen) atoms. The third kappa shape index (κ3) is 7.60.